The number of hydrogen-bond acceptors (Lipinski definition) is 8. The number of benzene rings is 2. The van der Waals surface area contributed by atoms with Crippen LogP contribution in [0.15, 0.2) is 67.3 Å². The van der Waals surface area contributed by atoms with Crippen molar-refractivity contribution in [1.82, 2.24) is 19.9 Å². The summed E-state index contributed by atoms with van der Waals surface area (Å²) in [5.74, 6) is 1.64. The SMILES string of the molecule is Cc1ccc(C(=O)Nc2ncc(Nc3ncnc4c3NCc3ccccc3O4)cn2)cc1. The van der Waals surface area contributed by atoms with Gasteiger partial charge in [-0.25, -0.2) is 15.0 Å². The number of rotatable bonds is 4. The van der Waals surface area contributed by atoms with E-state index in [1.807, 2.05) is 43.3 Å². The Morgan fingerprint density at radius 3 is 2.59 bits per heavy atom. The fourth-order valence-corrected chi connectivity index (χ4v) is 3.21. The number of ether oxygens (including phenoxy) is 1. The summed E-state index contributed by atoms with van der Waals surface area (Å²) in [6.45, 7) is 2.54. The smallest absolute Gasteiger partial charge is 0.258 e. The molecule has 3 heterocycles. The van der Waals surface area contributed by atoms with Crippen LogP contribution in [0.2, 0.25) is 0 Å². The Kier molecular flexibility index (Phi) is 5.04. The molecule has 5 rings (SSSR count). The lowest BCUT2D eigenvalue weighted by Gasteiger charge is -2.12. The van der Waals surface area contributed by atoms with E-state index in [-0.39, 0.29) is 11.9 Å². The summed E-state index contributed by atoms with van der Waals surface area (Å²) in [7, 11) is 0. The highest BCUT2D eigenvalue weighted by Crippen LogP contribution is 2.37. The number of hydrogen-bond donors (Lipinski definition) is 3. The Labute approximate surface area is 183 Å². The third-order valence-corrected chi connectivity index (χ3v) is 4.90. The lowest BCUT2D eigenvalue weighted by molar-refractivity contribution is 0.102. The van der Waals surface area contributed by atoms with E-state index in [1.54, 1.807) is 24.5 Å². The van der Waals surface area contributed by atoms with E-state index in [4.69, 9.17) is 4.74 Å². The number of para-hydroxylation sites is 1. The molecule has 32 heavy (non-hydrogen) atoms. The quantitative estimate of drug-likeness (QED) is 0.444. The molecular weight excluding hydrogens is 406 g/mol. The first-order chi connectivity index (χ1) is 15.7. The fraction of sp³-hybridized carbons (Fsp3) is 0.0870. The van der Waals surface area contributed by atoms with Gasteiger partial charge in [-0.3, -0.25) is 10.1 Å². The van der Waals surface area contributed by atoms with Gasteiger partial charge in [0.15, 0.2) is 5.82 Å². The number of carbonyl (C=O) groups excluding carboxylic acids is 1. The highest BCUT2D eigenvalue weighted by Gasteiger charge is 2.19. The topological polar surface area (TPSA) is 114 Å². The number of nitrogens with one attached hydrogen (secondary N) is 3. The standard InChI is InChI=1S/C23H19N7O2/c1-14-6-8-15(9-7-14)21(31)30-23-25-11-17(12-26-23)29-20-19-22(28-13-27-20)32-18-5-3-2-4-16(18)10-24-19/h2-9,11-13,24H,10H2,1H3,(H,27,28,29)(H,25,26,30,31). The van der Waals surface area contributed by atoms with Gasteiger partial charge in [-0.15, -0.1) is 0 Å². The van der Waals surface area contributed by atoms with Gasteiger partial charge in [0.2, 0.25) is 11.8 Å². The van der Waals surface area contributed by atoms with Crippen molar-refractivity contribution in [2.75, 3.05) is 16.0 Å². The molecule has 9 nitrogen and oxygen atoms in total. The molecular formula is C23H19N7O2. The second kappa shape index (κ2) is 8.31. The molecule has 0 saturated carbocycles. The number of carbonyl (C=O) groups is 1. The van der Waals surface area contributed by atoms with Crippen LogP contribution in [0.4, 0.5) is 23.1 Å². The zero-order chi connectivity index (χ0) is 21.9. The summed E-state index contributed by atoms with van der Waals surface area (Å²) in [6, 6.07) is 15.0. The van der Waals surface area contributed by atoms with E-state index in [1.165, 1.54) is 6.33 Å². The molecule has 0 unspecified atom stereocenters. The van der Waals surface area contributed by atoms with Crippen molar-refractivity contribution in [1.29, 1.82) is 0 Å². The van der Waals surface area contributed by atoms with Gasteiger partial charge in [-0.05, 0) is 25.1 Å². The molecule has 0 fully saturated rings. The second-order valence-electron chi connectivity index (χ2n) is 7.21. The molecule has 1 aliphatic heterocycles. The maximum absolute atomic E-state index is 12.3. The zero-order valence-electron chi connectivity index (χ0n) is 17.2. The molecule has 0 radical (unpaired) electrons. The molecule has 3 N–H and O–H groups in total. The first-order valence-electron chi connectivity index (χ1n) is 9.97. The lowest BCUT2D eigenvalue weighted by atomic mass is 10.1. The van der Waals surface area contributed by atoms with Crippen molar-refractivity contribution in [3.8, 4) is 11.6 Å². The van der Waals surface area contributed by atoms with Gasteiger partial charge in [-0.2, -0.15) is 4.98 Å². The third-order valence-electron chi connectivity index (χ3n) is 4.90. The van der Waals surface area contributed by atoms with Gasteiger partial charge < -0.3 is 15.4 Å². The normalized spacial score (nSPS) is 11.8. The van der Waals surface area contributed by atoms with Crippen LogP contribution in [0, 0.1) is 6.92 Å². The van der Waals surface area contributed by atoms with Gasteiger partial charge in [0.05, 0.1) is 18.1 Å². The largest absolute Gasteiger partial charge is 0.437 e. The molecule has 158 valence electrons. The number of amides is 1. The predicted molar refractivity (Wildman–Crippen MR) is 120 cm³/mol. The van der Waals surface area contributed by atoms with Crippen LogP contribution in [-0.2, 0) is 6.54 Å². The average Bonchev–Trinajstić information content (AvgIpc) is 3.01. The number of nitrogens with zero attached hydrogens (tertiary/aromatic N) is 4. The van der Waals surface area contributed by atoms with Crippen molar-refractivity contribution < 1.29 is 9.53 Å². The van der Waals surface area contributed by atoms with Crippen LogP contribution in [0.25, 0.3) is 0 Å². The van der Waals surface area contributed by atoms with E-state index in [2.05, 4.69) is 35.9 Å². The molecule has 0 saturated heterocycles. The van der Waals surface area contributed by atoms with Crippen LogP contribution < -0.4 is 20.7 Å². The van der Waals surface area contributed by atoms with Crippen molar-refractivity contribution in [3.05, 3.63) is 83.9 Å². The molecule has 0 atom stereocenters. The number of aromatic nitrogens is 4. The van der Waals surface area contributed by atoms with E-state index >= 15 is 0 Å². The van der Waals surface area contributed by atoms with Crippen LogP contribution in [0.1, 0.15) is 21.5 Å². The first kappa shape index (κ1) is 19.4. The van der Waals surface area contributed by atoms with Crippen LogP contribution >= 0.6 is 0 Å². The number of anilines is 4. The molecule has 2 aromatic carbocycles. The first-order valence-corrected chi connectivity index (χ1v) is 9.97. The Balaban J connectivity index is 1.31. The molecule has 9 heteroatoms. The molecule has 0 spiro atoms. The van der Waals surface area contributed by atoms with E-state index in [0.717, 1.165) is 16.9 Å². The van der Waals surface area contributed by atoms with Gasteiger partial charge in [0, 0.05) is 17.7 Å². The highest BCUT2D eigenvalue weighted by atomic mass is 16.5. The monoisotopic (exact) mass is 425 g/mol. The van der Waals surface area contributed by atoms with Crippen LogP contribution in [-0.4, -0.2) is 25.8 Å². The summed E-state index contributed by atoms with van der Waals surface area (Å²) in [5.41, 5.74) is 3.88. The maximum Gasteiger partial charge on any atom is 0.258 e. The van der Waals surface area contributed by atoms with Crippen molar-refractivity contribution >= 4 is 29.0 Å². The Hall–Kier alpha value is -4.53. The van der Waals surface area contributed by atoms with Crippen molar-refractivity contribution in [2.45, 2.75) is 13.5 Å². The third kappa shape index (κ3) is 4.04. The van der Waals surface area contributed by atoms with E-state index < -0.39 is 0 Å². The summed E-state index contributed by atoms with van der Waals surface area (Å²) in [4.78, 5) is 29.3. The Morgan fingerprint density at radius 2 is 1.78 bits per heavy atom. The van der Waals surface area contributed by atoms with Crippen molar-refractivity contribution in [2.24, 2.45) is 0 Å². The van der Waals surface area contributed by atoms with E-state index in [0.29, 0.717) is 35.2 Å². The van der Waals surface area contributed by atoms with Crippen molar-refractivity contribution in [3.63, 3.8) is 0 Å². The minimum Gasteiger partial charge on any atom is -0.437 e. The minimum absolute atomic E-state index is 0.208. The maximum atomic E-state index is 12.3. The minimum atomic E-state index is -0.271. The Morgan fingerprint density at radius 1 is 1.00 bits per heavy atom. The van der Waals surface area contributed by atoms with Gasteiger partial charge in [0.1, 0.15) is 17.8 Å². The molecule has 1 aliphatic rings. The molecule has 0 aliphatic carbocycles. The number of aryl methyl sites for hydroxylation is 1. The zero-order valence-corrected chi connectivity index (χ0v) is 17.2. The predicted octanol–water partition coefficient (Wildman–Crippen LogP) is 4.29. The fourth-order valence-electron chi connectivity index (χ4n) is 3.21. The Bertz CT molecular complexity index is 1270. The second-order valence-corrected chi connectivity index (χ2v) is 7.21. The summed E-state index contributed by atoms with van der Waals surface area (Å²) < 4.78 is 5.96. The molecule has 4 aromatic rings. The average molecular weight is 425 g/mol. The highest BCUT2D eigenvalue weighted by molar-refractivity contribution is 6.03. The summed E-state index contributed by atoms with van der Waals surface area (Å²) in [6.07, 6.45) is 4.56. The lowest BCUT2D eigenvalue weighted by Crippen LogP contribution is -2.14. The summed E-state index contributed by atoms with van der Waals surface area (Å²) in [5, 5.41) is 9.18. The summed E-state index contributed by atoms with van der Waals surface area (Å²) >= 11 is 0. The molecule has 1 amide bonds. The van der Waals surface area contributed by atoms with Crippen LogP contribution in [0.5, 0.6) is 11.6 Å². The van der Waals surface area contributed by atoms with E-state index in [9.17, 15) is 4.79 Å². The van der Waals surface area contributed by atoms with Gasteiger partial charge in [0.25, 0.3) is 5.91 Å². The van der Waals surface area contributed by atoms with Gasteiger partial charge in [-0.1, -0.05) is 35.9 Å². The molecule has 0 bridgehead atoms. The molecule has 2 aromatic heterocycles. The van der Waals surface area contributed by atoms with Crippen LogP contribution in [0.3, 0.4) is 0 Å². The van der Waals surface area contributed by atoms with Gasteiger partial charge >= 0.3 is 0 Å². The number of fused-ring (bicyclic) bond motifs is 2.